The van der Waals surface area contributed by atoms with Crippen molar-refractivity contribution in [3.05, 3.63) is 34.4 Å². The summed E-state index contributed by atoms with van der Waals surface area (Å²) >= 11 is 1.61. The van der Waals surface area contributed by atoms with Gasteiger partial charge in [-0.15, -0.1) is 11.8 Å². The largest absolute Gasteiger partial charge is 0.314 e. The third kappa shape index (κ3) is 3.96. The van der Waals surface area contributed by atoms with Crippen molar-refractivity contribution in [2.75, 3.05) is 12.3 Å². The lowest BCUT2D eigenvalue weighted by Gasteiger charge is -2.20. The number of nitro groups is 1. The Morgan fingerprint density at radius 1 is 1.40 bits per heavy atom. The molecule has 1 fully saturated rings. The van der Waals surface area contributed by atoms with E-state index in [1.54, 1.807) is 23.9 Å². The number of benzene rings is 1. The molecule has 0 heterocycles. The van der Waals surface area contributed by atoms with Crippen LogP contribution in [0.2, 0.25) is 0 Å². The zero-order valence-electron chi connectivity index (χ0n) is 11.9. The standard InChI is InChI=1S/C15H22N2O2S/c1-2-16-13-7-5-6-12(13)10-11-20-15-9-4-3-8-14(15)17(18)19/h3-4,8-9,12-13,16H,2,5-7,10-11H2,1H3. The van der Waals surface area contributed by atoms with E-state index in [1.807, 2.05) is 12.1 Å². The lowest BCUT2D eigenvalue weighted by molar-refractivity contribution is -0.387. The first-order valence-corrected chi connectivity index (χ1v) is 8.30. The van der Waals surface area contributed by atoms with E-state index in [2.05, 4.69) is 12.2 Å². The molecule has 110 valence electrons. The minimum absolute atomic E-state index is 0.229. The Balaban J connectivity index is 1.85. The van der Waals surface area contributed by atoms with Crippen LogP contribution in [0, 0.1) is 16.0 Å². The summed E-state index contributed by atoms with van der Waals surface area (Å²) in [6, 6.07) is 7.66. The summed E-state index contributed by atoms with van der Waals surface area (Å²) in [7, 11) is 0. The van der Waals surface area contributed by atoms with Crippen molar-refractivity contribution in [3.63, 3.8) is 0 Å². The van der Waals surface area contributed by atoms with Crippen molar-refractivity contribution in [3.8, 4) is 0 Å². The van der Waals surface area contributed by atoms with Crippen LogP contribution < -0.4 is 5.32 Å². The van der Waals surface area contributed by atoms with Crippen molar-refractivity contribution in [1.29, 1.82) is 0 Å². The Hall–Kier alpha value is -1.07. The maximum Gasteiger partial charge on any atom is 0.282 e. The molecule has 1 aliphatic carbocycles. The van der Waals surface area contributed by atoms with Gasteiger partial charge >= 0.3 is 0 Å². The van der Waals surface area contributed by atoms with Gasteiger partial charge in [-0.2, -0.15) is 0 Å². The van der Waals surface area contributed by atoms with E-state index in [1.165, 1.54) is 19.3 Å². The third-order valence-corrected chi connectivity index (χ3v) is 5.03. The number of nitrogens with zero attached hydrogens (tertiary/aromatic N) is 1. The van der Waals surface area contributed by atoms with Gasteiger partial charge in [0.25, 0.3) is 5.69 Å². The van der Waals surface area contributed by atoms with E-state index in [0.29, 0.717) is 6.04 Å². The monoisotopic (exact) mass is 294 g/mol. The van der Waals surface area contributed by atoms with Gasteiger partial charge in [0, 0.05) is 12.1 Å². The predicted molar refractivity (Wildman–Crippen MR) is 83.2 cm³/mol. The first kappa shape index (κ1) is 15.3. The van der Waals surface area contributed by atoms with Crippen LogP contribution in [-0.4, -0.2) is 23.3 Å². The van der Waals surface area contributed by atoms with Gasteiger partial charge in [-0.1, -0.05) is 25.5 Å². The van der Waals surface area contributed by atoms with Gasteiger partial charge in [0.05, 0.1) is 9.82 Å². The lowest BCUT2D eigenvalue weighted by atomic mass is 10.0. The highest BCUT2D eigenvalue weighted by molar-refractivity contribution is 7.99. The molecule has 2 rings (SSSR count). The molecule has 1 N–H and O–H groups in total. The summed E-state index contributed by atoms with van der Waals surface area (Å²) in [5, 5.41) is 14.5. The number of hydrogen-bond donors (Lipinski definition) is 1. The van der Waals surface area contributed by atoms with Crippen LogP contribution in [0.3, 0.4) is 0 Å². The molecular weight excluding hydrogens is 272 g/mol. The van der Waals surface area contributed by atoms with E-state index in [9.17, 15) is 10.1 Å². The molecular formula is C15H22N2O2S. The van der Waals surface area contributed by atoms with Gasteiger partial charge < -0.3 is 5.32 Å². The number of rotatable bonds is 7. The first-order chi connectivity index (χ1) is 9.72. The second-order valence-electron chi connectivity index (χ2n) is 5.22. The fraction of sp³-hybridized carbons (Fsp3) is 0.600. The lowest BCUT2D eigenvalue weighted by Crippen LogP contribution is -2.32. The van der Waals surface area contributed by atoms with Crippen LogP contribution in [0.4, 0.5) is 5.69 Å². The van der Waals surface area contributed by atoms with Crippen molar-refractivity contribution >= 4 is 17.4 Å². The van der Waals surface area contributed by atoms with E-state index in [-0.39, 0.29) is 10.6 Å². The van der Waals surface area contributed by atoms with Crippen molar-refractivity contribution in [2.24, 2.45) is 5.92 Å². The van der Waals surface area contributed by atoms with Gasteiger partial charge in [-0.3, -0.25) is 10.1 Å². The quantitative estimate of drug-likeness (QED) is 0.471. The second-order valence-corrected chi connectivity index (χ2v) is 6.35. The molecule has 0 spiro atoms. The summed E-state index contributed by atoms with van der Waals surface area (Å²) in [4.78, 5) is 11.5. The smallest absolute Gasteiger partial charge is 0.282 e. The zero-order chi connectivity index (χ0) is 14.4. The van der Waals surface area contributed by atoms with Gasteiger partial charge in [-0.05, 0) is 43.5 Å². The number of para-hydroxylation sites is 1. The van der Waals surface area contributed by atoms with Crippen LogP contribution in [0.25, 0.3) is 0 Å². The van der Waals surface area contributed by atoms with Crippen LogP contribution in [0.15, 0.2) is 29.2 Å². The molecule has 2 unspecified atom stereocenters. The Bertz CT molecular complexity index is 453. The zero-order valence-corrected chi connectivity index (χ0v) is 12.7. The highest BCUT2D eigenvalue weighted by Gasteiger charge is 2.26. The Labute approximate surface area is 124 Å². The predicted octanol–water partition coefficient (Wildman–Crippen LogP) is 3.86. The molecule has 4 nitrogen and oxygen atoms in total. The van der Waals surface area contributed by atoms with Crippen LogP contribution in [-0.2, 0) is 0 Å². The molecule has 1 aromatic rings. The van der Waals surface area contributed by atoms with E-state index >= 15 is 0 Å². The number of hydrogen-bond acceptors (Lipinski definition) is 4. The molecule has 20 heavy (non-hydrogen) atoms. The van der Waals surface area contributed by atoms with Crippen molar-refractivity contribution < 1.29 is 4.92 Å². The molecule has 0 aliphatic heterocycles. The topological polar surface area (TPSA) is 55.2 Å². The molecule has 1 aliphatic rings. The average Bonchev–Trinajstić information content (AvgIpc) is 2.87. The Morgan fingerprint density at radius 2 is 2.20 bits per heavy atom. The second kappa shape index (κ2) is 7.64. The van der Waals surface area contributed by atoms with Crippen LogP contribution >= 0.6 is 11.8 Å². The van der Waals surface area contributed by atoms with E-state index < -0.39 is 0 Å². The van der Waals surface area contributed by atoms with Gasteiger partial charge in [0.2, 0.25) is 0 Å². The fourth-order valence-electron chi connectivity index (χ4n) is 2.96. The van der Waals surface area contributed by atoms with Gasteiger partial charge in [0.1, 0.15) is 0 Å². The summed E-state index contributed by atoms with van der Waals surface area (Å²) < 4.78 is 0. The summed E-state index contributed by atoms with van der Waals surface area (Å²) in [6.45, 7) is 3.18. The maximum atomic E-state index is 11.0. The normalized spacial score (nSPS) is 22.1. The summed E-state index contributed by atoms with van der Waals surface area (Å²) in [6.07, 6.45) is 5.00. The molecule has 0 radical (unpaired) electrons. The number of thioether (sulfide) groups is 1. The highest BCUT2D eigenvalue weighted by atomic mass is 32.2. The SMILES string of the molecule is CCNC1CCCC1CCSc1ccccc1[N+](=O)[O-]. The summed E-state index contributed by atoms with van der Waals surface area (Å²) in [5.41, 5.74) is 0.229. The fourth-order valence-corrected chi connectivity index (χ4v) is 4.07. The first-order valence-electron chi connectivity index (χ1n) is 7.32. The molecule has 5 heteroatoms. The van der Waals surface area contributed by atoms with Crippen molar-refractivity contribution in [2.45, 2.75) is 43.5 Å². The molecule has 1 aromatic carbocycles. The summed E-state index contributed by atoms with van der Waals surface area (Å²) in [5.74, 6) is 1.68. The molecule has 0 amide bonds. The molecule has 2 atom stereocenters. The molecule has 0 bridgehead atoms. The number of nitrogens with one attached hydrogen (secondary N) is 1. The van der Waals surface area contributed by atoms with Gasteiger partial charge in [0.15, 0.2) is 0 Å². The molecule has 1 saturated carbocycles. The Kier molecular flexibility index (Phi) is 5.86. The molecule has 0 aromatic heterocycles. The number of nitro benzene ring substituents is 1. The molecule has 0 saturated heterocycles. The minimum Gasteiger partial charge on any atom is -0.314 e. The highest BCUT2D eigenvalue weighted by Crippen LogP contribution is 2.33. The van der Waals surface area contributed by atoms with Crippen LogP contribution in [0.1, 0.15) is 32.6 Å². The van der Waals surface area contributed by atoms with Gasteiger partial charge in [-0.25, -0.2) is 0 Å². The maximum absolute atomic E-state index is 11.0. The average molecular weight is 294 g/mol. The van der Waals surface area contributed by atoms with Crippen LogP contribution in [0.5, 0.6) is 0 Å². The van der Waals surface area contributed by atoms with E-state index in [4.69, 9.17) is 0 Å². The van der Waals surface area contributed by atoms with E-state index in [0.717, 1.165) is 29.5 Å². The minimum atomic E-state index is -0.292. The van der Waals surface area contributed by atoms with Crippen molar-refractivity contribution in [1.82, 2.24) is 5.32 Å². The third-order valence-electron chi connectivity index (χ3n) is 3.93. The Morgan fingerprint density at radius 3 is 2.95 bits per heavy atom.